The van der Waals surface area contributed by atoms with Crippen molar-refractivity contribution < 1.29 is 19.4 Å². The van der Waals surface area contributed by atoms with Crippen molar-refractivity contribution in [2.75, 3.05) is 18.6 Å². The van der Waals surface area contributed by atoms with E-state index in [9.17, 15) is 9.59 Å². The molecule has 0 radical (unpaired) electrons. The summed E-state index contributed by atoms with van der Waals surface area (Å²) in [6.45, 7) is 0.452. The average molecular weight is 351 g/mol. The molecule has 0 atom stereocenters. The topological polar surface area (TPSA) is 75.6 Å². The van der Waals surface area contributed by atoms with Gasteiger partial charge in [0, 0.05) is 9.75 Å². The fraction of sp³-hybridized carbons (Fsp3) is 0.250. The molecule has 1 aromatic carbocycles. The Morgan fingerprint density at radius 1 is 1.17 bits per heavy atom. The zero-order valence-corrected chi connectivity index (χ0v) is 14.2. The molecule has 1 amide bonds. The molecule has 2 rings (SSSR count). The molecule has 0 spiro atoms. The maximum absolute atomic E-state index is 11.6. The summed E-state index contributed by atoms with van der Waals surface area (Å²) in [5, 5.41) is 11.3. The Bertz CT molecular complexity index is 667. The predicted octanol–water partition coefficient (Wildman–Crippen LogP) is 2.86. The van der Waals surface area contributed by atoms with Crippen molar-refractivity contribution in [2.45, 2.75) is 6.54 Å². The third-order valence-electron chi connectivity index (χ3n) is 2.95. The molecule has 0 saturated heterocycles. The van der Waals surface area contributed by atoms with Crippen molar-refractivity contribution in [1.29, 1.82) is 0 Å². The summed E-state index contributed by atoms with van der Waals surface area (Å²) in [5.74, 6) is -0.158. The quantitative estimate of drug-likeness (QED) is 0.765. The molecule has 0 aliphatic heterocycles. The summed E-state index contributed by atoms with van der Waals surface area (Å²) in [4.78, 5) is 24.2. The highest BCUT2D eigenvalue weighted by Gasteiger charge is 2.07. The minimum atomic E-state index is -0.912. The molecule has 23 heavy (non-hydrogen) atoms. The number of rotatable bonds is 8. The highest BCUT2D eigenvalue weighted by molar-refractivity contribution is 8.00. The van der Waals surface area contributed by atoms with E-state index in [1.165, 1.54) is 0 Å². The second-order valence-electron chi connectivity index (χ2n) is 4.66. The third kappa shape index (κ3) is 5.61. The van der Waals surface area contributed by atoms with Crippen molar-refractivity contribution in [2.24, 2.45) is 0 Å². The lowest BCUT2D eigenvalue weighted by atomic mass is 10.2. The van der Waals surface area contributed by atoms with Gasteiger partial charge in [0.25, 0.3) is 0 Å². The number of ether oxygens (including phenoxy) is 1. The molecule has 0 aliphatic carbocycles. The van der Waals surface area contributed by atoms with Gasteiger partial charge in [0.15, 0.2) is 0 Å². The number of carbonyl (C=O) groups is 2. The fourth-order valence-corrected chi connectivity index (χ4v) is 3.37. The van der Waals surface area contributed by atoms with Crippen molar-refractivity contribution in [3.63, 3.8) is 0 Å². The number of amides is 1. The first-order valence-corrected chi connectivity index (χ1v) is 8.85. The van der Waals surface area contributed by atoms with E-state index in [1.54, 1.807) is 18.4 Å². The van der Waals surface area contributed by atoms with Crippen LogP contribution in [0.3, 0.4) is 0 Å². The van der Waals surface area contributed by atoms with Gasteiger partial charge in [-0.05, 0) is 42.0 Å². The molecular weight excluding hydrogens is 334 g/mol. The van der Waals surface area contributed by atoms with E-state index in [2.05, 4.69) is 5.32 Å². The summed E-state index contributed by atoms with van der Waals surface area (Å²) in [6, 6.07) is 11.8. The molecule has 2 aromatic rings. The van der Waals surface area contributed by atoms with Gasteiger partial charge in [-0.3, -0.25) is 9.59 Å². The first kappa shape index (κ1) is 17.4. The second-order valence-corrected chi connectivity index (χ2v) is 6.81. The molecule has 0 unspecified atom stereocenters. The Kier molecular flexibility index (Phi) is 6.49. The van der Waals surface area contributed by atoms with Crippen molar-refractivity contribution in [1.82, 2.24) is 5.32 Å². The van der Waals surface area contributed by atoms with Crippen LogP contribution in [0.2, 0.25) is 0 Å². The number of carbonyl (C=O) groups excluding carboxylic acids is 1. The van der Waals surface area contributed by atoms with E-state index in [-0.39, 0.29) is 17.4 Å². The number of hydrogen-bond acceptors (Lipinski definition) is 5. The van der Waals surface area contributed by atoms with Crippen molar-refractivity contribution in [3.8, 4) is 16.2 Å². The standard InChI is InChI=1S/C16H17NO4S2/c1-21-12-4-2-11(3-5-12)14-7-6-13(23-14)8-17-15(18)9-22-10-16(19)20/h2-7H,8-10H2,1H3,(H,17,18)(H,19,20). The number of aliphatic carboxylic acids is 1. The number of hydrogen-bond donors (Lipinski definition) is 2. The van der Waals surface area contributed by atoms with Crippen molar-refractivity contribution in [3.05, 3.63) is 41.3 Å². The van der Waals surface area contributed by atoms with Crippen LogP contribution in [0.1, 0.15) is 4.88 Å². The van der Waals surface area contributed by atoms with Gasteiger partial charge in [-0.1, -0.05) is 0 Å². The highest BCUT2D eigenvalue weighted by Crippen LogP contribution is 2.29. The van der Waals surface area contributed by atoms with E-state index in [1.807, 2.05) is 36.4 Å². The van der Waals surface area contributed by atoms with E-state index < -0.39 is 5.97 Å². The molecule has 0 aliphatic rings. The zero-order valence-electron chi connectivity index (χ0n) is 12.6. The Labute approximate surface area is 142 Å². The lowest BCUT2D eigenvalue weighted by molar-refractivity contribution is -0.133. The van der Waals surface area contributed by atoms with Gasteiger partial charge in [-0.25, -0.2) is 0 Å². The lowest BCUT2D eigenvalue weighted by Gasteiger charge is -2.03. The molecule has 1 heterocycles. The van der Waals surface area contributed by atoms with Crippen LogP contribution in [0.25, 0.3) is 10.4 Å². The smallest absolute Gasteiger partial charge is 0.313 e. The first-order valence-electron chi connectivity index (χ1n) is 6.88. The fourth-order valence-electron chi connectivity index (χ4n) is 1.85. The van der Waals surface area contributed by atoms with Crippen LogP contribution in [-0.2, 0) is 16.1 Å². The van der Waals surface area contributed by atoms with Crippen molar-refractivity contribution >= 4 is 35.0 Å². The van der Waals surface area contributed by atoms with Crippen LogP contribution in [0.4, 0.5) is 0 Å². The molecule has 0 saturated carbocycles. The summed E-state index contributed by atoms with van der Waals surface area (Å²) < 4.78 is 5.14. The molecule has 5 nitrogen and oxygen atoms in total. The number of benzene rings is 1. The van der Waals surface area contributed by atoms with Gasteiger partial charge in [0.2, 0.25) is 5.91 Å². The molecule has 7 heteroatoms. The number of carboxylic acids is 1. The van der Waals surface area contributed by atoms with Gasteiger partial charge in [0.05, 0.1) is 25.2 Å². The molecule has 122 valence electrons. The average Bonchev–Trinajstić information content (AvgIpc) is 3.01. The molecule has 2 N–H and O–H groups in total. The molecular formula is C16H17NO4S2. The highest BCUT2D eigenvalue weighted by atomic mass is 32.2. The van der Waals surface area contributed by atoms with Gasteiger partial charge < -0.3 is 15.2 Å². The minimum absolute atomic E-state index is 0.0615. The molecule has 0 fully saturated rings. The Morgan fingerprint density at radius 2 is 1.91 bits per heavy atom. The summed E-state index contributed by atoms with van der Waals surface area (Å²) in [7, 11) is 1.63. The maximum atomic E-state index is 11.6. The maximum Gasteiger partial charge on any atom is 0.313 e. The summed E-state index contributed by atoms with van der Waals surface area (Å²) in [6.07, 6.45) is 0. The summed E-state index contributed by atoms with van der Waals surface area (Å²) >= 11 is 2.70. The van der Waals surface area contributed by atoms with Crippen LogP contribution in [0, 0.1) is 0 Å². The van der Waals surface area contributed by atoms with E-state index in [0.717, 1.165) is 32.8 Å². The SMILES string of the molecule is COc1ccc(-c2ccc(CNC(=O)CSCC(=O)O)s2)cc1. The zero-order chi connectivity index (χ0) is 16.7. The molecule has 0 bridgehead atoms. The lowest BCUT2D eigenvalue weighted by Crippen LogP contribution is -2.24. The number of nitrogens with one attached hydrogen (secondary N) is 1. The monoisotopic (exact) mass is 351 g/mol. The number of carboxylic acid groups (broad SMARTS) is 1. The van der Waals surface area contributed by atoms with Crippen LogP contribution in [0.15, 0.2) is 36.4 Å². The van der Waals surface area contributed by atoms with Crippen LogP contribution < -0.4 is 10.1 Å². The Balaban J connectivity index is 1.84. The predicted molar refractivity (Wildman–Crippen MR) is 93.1 cm³/mol. The van der Waals surface area contributed by atoms with Crippen LogP contribution in [0.5, 0.6) is 5.75 Å². The largest absolute Gasteiger partial charge is 0.497 e. The first-order chi connectivity index (χ1) is 11.1. The molecule has 1 aromatic heterocycles. The van der Waals surface area contributed by atoms with Gasteiger partial charge in [0.1, 0.15) is 5.75 Å². The van der Waals surface area contributed by atoms with E-state index in [0.29, 0.717) is 6.54 Å². The van der Waals surface area contributed by atoms with Gasteiger partial charge in [-0.15, -0.1) is 23.1 Å². The second kappa shape index (κ2) is 8.59. The normalized spacial score (nSPS) is 10.3. The third-order valence-corrected chi connectivity index (χ3v) is 5.01. The van der Waals surface area contributed by atoms with E-state index in [4.69, 9.17) is 9.84 Å². The summed E-state index contributed by atoms with van der Waals surface area (Å²) in [5.41, 5.74) is 1.10. The Hall–Kier alpha value is -1.99. The van der Waals surface area contributed by atoms with Gasteiger partial charge >= 0.3 is 5.97 Å². The Morgan fingerprint density at radius 3 is 2.57 bits per heavy atom. The number of thiophene rings is 1. The van der Waals surface area contributed by atoms with Crippen LogP contribution in [-0.4, -0.2) is 35.6 Å². The minimum Gasteiger partial charge on any atom is -0.497 e. The van der Waals surface area contributed by atoms with E-state index >= 15 is 0 Å². The van der Waals surface area contributed by atoms with Gasteiger partial charge in [-0.2, -0.15) is 0 Å². The number of thioether (sulfide) groups is 1. The number of methoxy groups -OCH3 is 1. The van der Waals surface area contributed by atoms with Crippen LogP contribution >= 0.6 is 23.1 Å².